The van der Waals surface area contributed by atoms with Crippen molar-refractivity contribution < 1.29 is 4.79 Å². The third-order valence-electron chi connectivity index (χ3n) is 3.23. The van der Waals surface area contributed by atoms with Crippen molar-refractivity contribution in [3.8, 4) is 0 Å². The van der Waals surface area contributed by atoms with Crippen molar-refractivity contribution in [1.29, 1.82) is 0 Å². The number of hydrogen-bond donors (Lipinski definition) is 0. The van der Waals surface area contributed by atoms with Crippen LogP contribution in [0.2, 0.25) is 0 Å². The minimum Gasteiger partial charge on any atom is -0.308 e. The van der Waals surface area contributed by atoms with Crippen LogP contribution in [-0.4, -0.2) is 43.0 Å². The van der Waals surface area contributed by atoms with Gasteiger partial charge in [-0.15, -0.1) is 12.4 Å². The van der Waals surface area contributed by atoms with E-state index in [0.717, 1.165) is 28.3 Å². The normalized spacial score (nSPS) is 10.7. The van der Waals surface area contributed by atoms with Gasteiger partial charge in [-0.05, 0) is 38.2 Å². The van der Waals surface area contributed by atoms with Gasteiger partial charge in [0.25, 0.3) is 0 Å². The van der Waals surface area contributed by atoms with Gasteiger partial charge in [-0.1, -0.05) is 24.3 Å². The number of likely N-dealkylation sites (N-methyl/N-ethyl adjacent to an activating group) is 1. The molecule has 0 aliphatic carbocycles. The summed E-state index contributed by atoms with van der Waals surface area (Å²) in [4.78, 5) is 20.3. The Bertz CT molecular complexity index is 612. The lowest BCUT2D eigenvalue weighted by Gasteiger charge is -2.20. The van der Waals surface area contributed by atoms with Gasteiger partial charge in [-0.25, -0.2) is 4.98 Å². The van der Waals surface area contributed by atoms with Crippen molar-refractivity contribution in [1.82, 2.24) is 9.88 Å². The molecule has 2 rings (SSSR count). The highest BCUT2D eigenvalue weighted by Crippen LogP contribution is 2.29. The first kappa shape index (κ1) is 17.9. The molecule has 1 amide bonds. The van der Waals surface area contributed by atoms with Crippen LogP contribution in [0.1, 0.15) is 19.4 Å². The quantitative estimate of drug-likeness (QED) is 0.846. The van der Waals surface area contributed by atoms with Crippen LogP contribution in [0.4, 0.5) is 5.13 Å². The van der Waals surface area contributed by atoms with E-state index in [1.165, 1.54) is 5.56 Å². The first-order valence-electron chi connectivity index (χ1n) is 6.83. The summed E-state index contributed by atoms with van der Waals surface area (Å²) in [5.41, 5.74) is 2.27. The van der Waals surface area contributed by atoms with Crippen LogP contribution in [0.25, 0.3) is 10.2 Å². The Morgan fingerprint density at radius 3 is 2.57 bits per heavy atom. The van der Waals surface area contributed by atoms with Gasteiger partial charge in [-0.2, -0.15) is 0 Å². The summed E-state index contributed by atoms with van der Waals surface area (Å²) in [6.07, 6.45) is 1.01. The SMILES string of the molecule is CCc1ccc2nc(N(CCN(C)C)C(C)=O)sc2c1.Cl. The van der Waals surface area contributed by atoms with E-state index < -0.39 is 0 Å². The largest absolute Gasteiger partial charge is 0.308 e. The van der Waals surface area contributed by atoms with Crippen LogP contribution in [0.3, 0.4) is 0 Å². The minimum absolute atomic E-state index is 0. The van der Waals surface area contributed by atoms with Crippen LogP contribution in [0.5, 0.6) is 0 Å². The summed E-state index contributed by atoms with van der Waals surface area (Å²) < 4.78 is 1.15. The summed E-state index contributed by atoms with van der Waals surface area (Å²) in [5, 5.41) is 0.794. The van der Waals surface area contributed by atoms with Gasteiger partial charge < -0.3 is 4.90 Å². The van der Waals surface area contributed by atoms with Crippen molar-refractivity contribution in [2.75, 3.05) is 32.1 Å². The van der Waals surface area contributed by atoms with Crippen molar-refractivity contribution in [2.24, 2.45) is 0 Å². The van der Waals surface area contributed by atoms with Gasteiger partial charge >= 0.3 is 0 Å². The molecular weight excluding hydrogens is 306 g/mol. The standard InChI is InChI=1S/C15H21N3OS.ClH/c1-5-12-6-7-13-14(10-12)20-15(16-13)18(11(2)19)9-8-17(3)4;/h6-7,10H,5,8-9H2,1-4H3;1H. The highest BCUT2D eigenvalue weighted by Gasteiger charge is 2.16. The van der Waals surface area contributed by atoms with Crippen LogP contribution < -0.4 is 4.90 Å². The Kier molecular flexibility index (Phi) is 6.58. The second-order valence-corrected chi connectivity index (χ2v) is 6.14. The molecule has 0 saturated heterocycles. The van der Waals surface area contributed by atoms with Gasteiger partial charge in [0.2, 0.25) is 5.91 Å². The fraction of sp³-hybridized carbons (Fsp3) is 0.467. The molecule has 1 aromatic heterocycles. The molecule has 0 unspecified atom stereocenters. The van der Waals surface area contributed by atoms with E-state index in [0.29, 0.717) is 6.54 Å². The molecule has 1 heterocycles. The smallest absolute Gasteiger partial charge is 0.225 e. The number of anilines is 1. The van der Waals surface area contributed by atoms with Crippen LogP contribution in [-0.2, 0) is 11.2 Å². The molecule has 2 aromatic rings. The summed E-state index contributed by atoms with van der Waals surface area (Å²) in [6, 6.07) is 6.31. The molecule has 0 spiro atoms. The molecule has 0 radical (unpaired) electrons. The second-order valence-electron chi connectivity index (χ2n) is 5.13. The van der Waals surface area contributed by atoms with E-state index >= 15 is 0 Å². The number of benzene rings is 1. The van der Waals surface area contributed by atoms with Crippen molar-refractivity contribution in [3.63, 3.8) is 0 Å². The van der Waals surface area contributed by atoms with Gasteiger partial charge in [-0.3, -0.25) is 9.69 Å². The number of fused-ring (bicyclic) bond motifs is 1. The highest BCUT2D eigenvalue weighted by atomic mass is 35.5. The van der Waals surface area contributed by atoms with E-state index in [1.54, 1.807) is 23.2 Å². The molecule has 4 nitrogen and oxygen atoms in total. The van der Waals surface area contributed by atoms with Gasteiger partial charge in [0.15, 0.2) is 5.13 Å². The third kappa shape index (κ3) is 4.40. The molecule has 6 heteroatoms. The molecule has 0 fully saturated rings. The molecule has 1 aromatic carbocycles. The molecule has 0 N–H and O–H groups in total. The lowest BCUT2D eigenvalue weighted by molar-refractivity contribution is -0.116. The minimum atomic E-state index is 0. The molecule has 116 valence electrons. The number of amides is 1. The number of hydrogen-bond acceptors (Lipinski definition) is 4. The number of carbonyl (C=O) groups is 1. The maximum atomic E-state index is 11.8. The first-order chi connectivity index (χ1) is 9.51. The number of aryl methyl sites for hydroxylation is 1. The maximum Gasteiger partial charge on any atom is 0.225 e. The zero-order valence-electron chi connectivity index (χ0n) is 12.9. The summed E-state index contributed by atoms with van der Waals surface area (Å²) in [7, 11) is 4.01. The molecule has 21 heavy (non-hydrogen) atoms. The Balaban J connectivity index is 0.00000220. The van der Waals surface area contributed by atoms with E-state index in [2.05, 4.69) is 28.9 Å². The average molecular weight is 328 g/mol. The van der Waals surface area contributed by atoms with Crippen LogP contribution in [0.15, 0.2) is 18.2 Å². The number of carbonyl (C=O) groups excluding carboxylic acids is 1. The zero-order chi connectivity index (χ0) is 14.7. The van der Waals surface area contributed by atoms with E-state index in [4.69, 9.17) is 0 Å². The second kappa shape index (κ2) is 7.73. The number of aromatic nitrogens is 1. The first-order valence-corrected chi connectivity index (χ1v) is 7.65. The topological polar surface area (TPSA) is 36.4 Å². The Hall–Kier alpha value is -1.17. The lowest BCUT2D eigenvalue weighted by atomic mass is 10.2. The lowest BCUT2D eigenvalue weighted by Crippen LogP contribution is -2.35. The number of thiazole rings is 1. The summed E-state index contributed by atoms with van der Waals surface area (Å²) >= 11 is 1.59. The van der Waals surface area contributed by atoms with Gasteiger partial charge in [0.05, 0.1) is 10.2 Å². The van der Waals surface area contributed by atoms with Crippen molar-refractivity contribution in [2.45, 2.75) is 20.3 Å². The number of halogens is 1. The fourth-order valence-corrected chi connectivity index (χ4v) is 3.08. The van der Waals surface area contributed by atoms with Gasteiger partial charge in [0.1, 0.15) is 0 Å². The number of nitrogens with zero attached hydrogens (tertiary/aromatic N) is 3. The molecule has 0 aliphatic rings. The molecule has 0 aliphatic heterocycles. The van der Waals surface area contributed by atoms with E-state index in [9.17, 15) is 4.79 Å². The summed E-state index contributed by atoms with van der Waals surface area (Å²) in [6.45, 7) is 5.24. The average Bonchev–Trinajstić information content (AvgIpc) is 2.80. The predicted octanol–water partition coefficient (Wildman–Crippen LogP) is 3.20. The molecule has 0 bridgehead atoms. The van der Waals surface area contributed by atoms with Gasteiger partial charge in [0, 0.05) is 20.0 Å². The van der Waals surface area contributed by atoms with Crippen LogP contribution in [0, 0.1) is 0 Å². The highest BCUT2D eigenvalue weighted by molar-refractivity contribution is 7.22. The predicted molar refractivity (Wildman–Crippen MR) is 92.8 cm³/mol. The third-order valence-corrected chi connectivity index (χ3v) is 4.27. The van der Waals surface area contributed by atoms with E-state index in [1.807, 2.05) is 20.2 Å². The van der Waals surface area contributed by atoms with Crippen molar-refractivity contribution >= 4 is 45.0 Å². The number of rotatable bonds is 5. The Labute approximate surface area is 136 Å². The Morgan fingerprint density at radius 1 is 1.29 bits per heavy atom. The monoisotopic (exact) mass is 327 g/mol. The molecular formula is C15H22ClN3OS. The molecule has 0 saturated carbocycles. The zero-order valence-corrected chi connectivity index (χ0v) is 14.6. The maximum absolute atomic E-state index is 11.8. The van der Waals surface area contributed by atoms with Crippen LogP contribution >= 0.6 is 23.7 Å². The van der Waals surface area contributed by atoms with E-state index in [-0.39, 0.29) is 18.3 Å². The Morgan fingerprint density at radius 2 is 2.00 bits per heavy atom. The fourth-order valence-electron chi connectivity index (χ4n) is 1.98. The summed E-state index contributed by atoms with van der Waals surface area (Å²) in [5.74, 6) is 0.0432. The molecule has 0 atom stereocenters. The van der Waals surface area contributed by atoms with Crippen molar-refractivity contribution in [3.05, 3.63) is 23.8 Å².